The monoisotopic (exact) mass is 502 g/mol. The minimum atomic E-state index is -3.57. The highest BCUT2D eigenvalue weighted by atomic mass is 31.2. The van der Waals surface area contributed by atoms with Crippen molar-refractivity contribution in [2.24, 2.45) is 0 Å². The number of hydrogen-bond donors (Lipinski definition) is 1. The summed E-state index contributed by atoms with van der Waals surface area (Å²) in [5.74, 6) is -0.335. The summed E-state index contributed by atoms with van der Waals surface area (Å²) in [4.78, 5) is 10.4. The lowest BCUT2D eigenvalue weighted by molar-refractivity contribution is -0.883. The Morgan fingerprint density at radius 3 is 1.50 bits per heavy atom. The molecular weight excluding hydrogens is 441 g/mol. The van der Waals surface area contributed by atoms with Crippen molar-refractivity contribution >= 4 is 7.60 Å². The molecule has 4 nitrogen and oxygen atoms in total. The predicted molar refractivity (Wildman–Crippen MR) is 150 cm³/mol. The van der Waals surface area contributed by atoms with Crippen LogP contribution in [0.5, 0.6) is 0 Å². The number of nitrogens with zero attached hydrogens (tertiary/aromatic N) is 1. The first-order valence-electron chi connectivity index (χ1n) is 14.7. The molecule has 34 heavy (non-hydrogen) atoms. The van der Waals surface area contributed by atoms with Gasteiger partial charge >= 0.3 is 7.60 Å². The van der Waals surface area contributed by atoms with E-state index in [4.69, 9.17) is 4.52 Å². The van der Waals surface area contributed by atoms with E-state index >= 15 is 0 Å². The maximum absolute atomic E-state index is 12.7. The molecule has 5 heteroatoms. The van der Waals surface area contributed by atoms with Gasteiger partial charge in [-0.2, -0.15) is 0 Å². The maximum Gasteiger partial charge on any atom is 0.385 e. The number of hydrogen-bond acceptors (Lipinski definition) is 2. The molecule has 0 bridgehead atoms. The fourth-order valence-electron chi connectivity index (χ4n) is 4.58. The van der Waals surface area contributed by atoms with Crippen LogP contribution in [0, 0.1) is 0 Å². The second-order valence-corrected chi connectivity index (χ2v) is 13.1. The first-order chi connectivity index (χ1) is 16.3. The van der Waals surface area contributed by atoms with Crippen molar-refractivity contribution in [2.75, 3.05) is 27.7 Å². The Balaban J connectivity index is 3.49. The van der Waals surface area contributed by atoms with Crippen molar-refractivity contribution in [1.29, 1.82) is 0 Å². The molecule has 0 rings (SSSR count). The van der Waals surface area contributed by atoms with Gasteiger partial charge < -0.3 is 13.9 Å². The Labute approximate surface area is 214 Å². The molecule has 204 valence electrons. The second-order valence-electron chi connectivity index (χ2n) is 11.1. The molecule has 0 spiro atoms. The smallest absolute Gasteiger partial charge is 0.320 e. The van der Waals surface area contributed by atoms with Gasteiger partial charge in [-0.3, -0.25) is 4.57 Å². The van der Waals surface area contributed by atoms with Crippen LogP contribution in [0.3, 0.4) is 0 Å². The van der Waals surface area contributed by atoms with Crippen molar-refractivity contribution in [3.05, 3.63) is 12.2 Å². The normalized spacial score (nSPS) is 15.1. The van der Waals surface area contributed by atoms with Crippen molar-refractivity contribution < 1.29 is 18.5 Å². The molecule has 0 radical (unpaired) electrons. The van der Waals surface area contributed by atoms with Crippen LogP contribution in [0.1, 0.15) is 142 Å². The molecule has 0 aliphatic heterocycles. The van der Waals surface area contributed by atoms with E-state index in [-0.39, 0.29) is 5.78 Å². The largest absolute Gasteiger partial charge is 0.385 e. The van der Waals surface area contributed by atoms with Crippen LogP contribution >= 0.6 is 7.60 Å². The van der Waals surface area contributed by atoms with E-state index in [0.717, 1.165) is 19.3 Å². The lowest BCUT2D eigenvalue weighted by atomic mass is 10.1. The Hall–Kier alpha value is -0.150. The van der Waals surface area contributed by atoms with Gasteiger partial charge in [0.1, 0.15) is 0 Å². The van der Waals surface area contributed by atoms with Gasteiger partial charge in [-0.1, -0.05) is 109 Å². The zero-order valence-electron chi connectivity index (χ0n) is 23.7. The van der Waals surface area contributed by atoms with Gasteiger partial charge in [-0.05, 0) is 38.5 Å². The molecule has 1 N–H and O–H groups in total. The van der Waals surface area contributed by atoms with E-state index in [9.17, 15) is 9.46 Å². The van der Waals surface area contributed by atoms with Gasteiger partial charge in [0.2, 0.25) is 0 Å². The molecule has 0 aromatic heterocycles. The second kappa shape index (κ2) is 22.1. The highest BCUT2D eigenvalue weighted by Gasteiger charge is 2.41. The molecule has 0 saturated heterocycles. The highest BCUT2D eigenvalue weighted by Crippen LogP contribution is 2.51. The molecule has 2 unspecified atom stereocenters. The van der Waals surface area contributed by atoms with Gasteiger partial charge in [0.05, 0.1) is 27.7 Å². The molecular formula is C29H61NO3P+. The van der Waals surface area contributed by atoms with Crippen LogP contribution < -0.4 is 0 Å². The van der Waals surface area contributed by atoms with Crippen molar-refractivity contribution in [2.45, 2.75) is 148 Å². The average molecular weight is 503 g/mol. The van der Waals surface area contributed by atoms with E-state index in [1.54, 1.807) is 0 Å². The Kier molecular flexibility index (Phi) is 22.0. The van der Waals surface area contributed by atoms with Crippen molar-refractivity contribution in [3.8, 4) is 0 Å². The molecule has 0 heterocycles. The number of allylic oxidation sites excluding steroid dienone is 2. The van der Waals surface area contributed by atoms with Gasteiger partial charge in [-0.15, -0.1) is 0 Å². The fraction of sp³-hybridized carbons (Fsp3) is 0.931. The quantitative estimate of drug-likeness (QED) is 0.0585. The average Bonchev–Trinajstić information content (AvgIpc) is 2.77. The third-order valence-corrected chi connectivity index (χ3v) is 9.01. The summed E-state index contributed by atoms with van der Waals surface area (Å²) in [7, 11) is 2.35. The van der Waals surface area contributed by atoms with Crippen LogP contribution in [0.2, 0.25) is 0 Å². The molecule has 0 aromatic rings. The fourth-order valence-corrected chi connectivity index (χ4v) is 6.61. The van der Waals surface area contributed by atoms with Crippen LogP contribution in [-0.2, 0) is 9.09 Å². The predicted octanol–water partition coefficient (Wildman–Crippen LogP) is 9.62. The molecule has 0 aromatic carbocycles. The Morgan fingerprint density at radius 1 is 0.676 bits per heavy atom. The van der Waals surface area contributed by atoms with Gasteiger partial charge in [0.25, 0.3) is 0 Å². The van der Waals surface area contributed by atoms with E-state index in [1.807, 2.05) is 21.1 Å². The van der Waals surface area contributed by atoms with E-state index in [0.29, 0.717) is 17.5 Å². The molecule has 2 atom stereocenters. The minimum Gasteiger partial charge on any atom is -0.320 e. The van der Waals surface area contributed by atoms with Crippen LogP contribution in [0.4, 0.5) is 0 Å². The van der Waals surface area contributed by atoms with Gasteiger partial charge in [0.15, 0.2) is 5.78 Å². The zero-order valence-corrected chi connectivity index (χ0v) is 24.6. The van der Waals surface area contributed by atoms with E-state index in [1.165, 1.54) is 103 Å². The Morgan fingerprint density at radius 2 is 1.09 bits per heavy atom. The van der Waals surface area contributed by atoms with E-state index in [2.05, 4.69) is 26.0 Å². The summed E-state index contributed by atoms with van der Waals surface area (Å²) in [6, 6.07) is 0. The third-order valence-electron chi connectivity index (χ3n) is 6.75. The summed E-state index contributed by atoms with van der Waals surface area (Å²) >= 11 is 0. The molecule has 0 amide bonds. The van der Waals surface area contributed by atoms with Gasteiger partial charge in [0, 0.05) is 6.42 Å². The molecule has 0 saturated carbocycles. The molecule has 0 aliphatic rings. The summed E-state index contributed by atoms with van der Waals surface area (Å²) in [6.07, 6.45) is 29.8. The van der Waals surface area contributed by atoms with Crippen molar-refractivity contribution in [3.63, 3.8) is 0 Å². The summed E-state index contributed by atoms with van der Waals surface area (Å²) in [5.41, 5.74) is 0. The highest BCUT2D eigenvalue weighted by molar-refractivity contribution is 7.53. The van der Waals surface area contributed by atoms with Crippen molar-refractivity contribution in [1.82, 2.24) is 0 Å². The number of rotatable bonds is 25. The lowest BCUT2D eigenvalue weighted by Gasteiger charge is -2.35. The minimum absolute atomic E-state index is 0.335. The summed E-state index contributed by atoms with van der Waals surface area (Å²) in [6.45, 7) is 4.74. The van der Waals surface area contributed by atoms with Crippen LogP contribution in [0.15, 0.2) is 12.2 Å². The van der Waals surface area contributed by atoms with E-state index < -0.39 is 7.60 Å². The standard InChI is InChI=1S/C29H60NO3P/c1-6-8-9-10-11-12-13-14-15-16-17-18-19-20-21-22-23-24-25-26-28-33-34(31,32)29(27-7-2)30(3,4)5/h15-16,29H,6-14,17-28H2,1-5H3/p+1. The molecule has 0 aliphatic carbocycles. The topological polar surface area (TPSA) is 46.5 Å². The third kappa shape index (κ3) is 20.1. The first-order valence-corrected chi connectivity index (χ1v) is 16.3. The van der Waals surface area contributed by atoms with Gasteiger partial charge in [-0.25, -0.2) is 0 Å². The number of quaternary nitrogens is 1. The van der Waals surface area contributed by atoms with Crippen LogP contribution in [0.25, 0.3) is 0 Å². The Bertz CT molecular complexity index is 516. The first kappa shape index (κ1) is 33.8. The maximum atomic E-state index is 12.7. The SMILES string of the molecule is CCCCCCCCCC=CCCCCCCCCCCCOP(=O)(O)C(CCC)[N+](C)(C)C. The molecule has 0 fully saturated rings. The number of unbranched alkanes of at least 4 members (excludes halogenated alkanes) is 16. The zero-order chi connectivity index (χ0) is 25.5. The summed E-state index contributed by atoms with van der Waals surface area (Å²) < 4.78 is 18.6. The van der Waals surface area contributed by atoms with Crippen LogP contribution in [-0.4, -0.2) is 42.9 Å². The lowest BCUT2D eigenvalue weighted by Crippen LogP contribution is -2.45. The summed E-state index contributed by atoms with van der Waals surface area (Å²) in [5, 5.41) is 0.